The monoisotopic (exact) mass is 268 g/mol. The van der Waals surface area contributed by atoms with Gasteiger partial charge in [0.25, 0.3) is 5.69 Å². The summed E-state index contributed by atoms with van der Waals surface area (Å²) >= 11 is 5.66. The molecule has 1 aromatic heterocycles. The van der Waals surface area contributed by atoms with Gasteiger partial charge in [-0.1, -0.05) is 16.8 Å². The van der Waals surface area contributed by atoms with E-state index < -0.39 is 10.9 Å². The smallest absolute Gasteiger partial charge is 0.358 e. The van der Waals surface area contributed by atoms with E-state index >= 15 is 0 Å². The fourth-order valence-corrected chi connectivity index (χ4v) is 1.48. The van der Waals surface area contributed by atoms with Crippen molar-refractivity contribution >= 4 is 23.3 Å². The number of carboxylic acid groups (broad SMARTS) is 1. The van der Waals surface area contributed by atoms with Crippen molar-refractivity contribution in [2.45, 2.75) is 0 Å². The molecule has 0 atom stereocenters. The van der Waals surface area contributed by atoms with Gasteiger partial charge in [-0.05, 0) is 12.1 Å². The number of nitrogens with zero attached hydrogens (tertiary/aromatic N) is 4. The second kappa shape index (κ2) is 4.41. The molecule has 0 saturated heterocycles. The molecule has 8 nitrogen and oxygen atoms in total. The van der Waals surface area contributed by atoms with Crippen LogP contribution in [-0.4, -0.2) is 31.0 Å². The molecule has 0 aliphatic heterocycles. The number of aromatic nitrogens is 3. The Morgan fingerprint density at radius 2 is 2.22 bits per heavy atom. The van der Waals surface area contributed by atoms with Gasteiger partial charge in [0.15, 0.2) is 5.69 Å². The summed E-state index contributed by atoms with van der Waals surface area (Å²) in [6.07, 6.45) is 1.08. The lowest BCUT2D eigenvalue weighted by Gasteiger charge is -2.01. The molecule has 0 aliphatic rings. The van der Waals surface area contributed by atoms with Crippen molar-refractivity contribution in [2.24, 2.45) is 0 Å². The largest absolute Gasteiger partial charge is 0.476 e. The molecule has 0 aliphatic carbocycles. The summed E-state index contributed by atoms with van der Waals surface area (Å²) in [4.78, 5) is 20.9. The number of carbonyl (C=O) groups is 1. The van der Waals surface area contributed by atoms with Crippen LogP contribution in [0.2, 0.25) is 5.02 Å². The van der Waals surface area contributed by atoms with Crippen LogP contribution in [0.25, 0.3) is 5.69 Å². The van der Waals surface area contributed by atoms with Crippen LogP contribution in [0, 0.1) is 10.1 Å². The van der Waals surface area contributed by atoms with Crippen molar-refractivity contribution in [3.8, 4) is 5.69 Å². The predicted octanol–water partition coefficient (Wildman–Crippen LogP) is 1.53. The number of nitro groups is 1. The first-order chi connectivity index (χ1) is 8.49. The molecule has 0 fully saturated rings. The Morgan fingerprint density at radius 3 is 2.78 bits per heavy atom. The summed E-state index contributed by atoms with van der Waals surface area (Å²) in [5, 5.41) is 26.6. The highest BCUT2D eigenvalue weighted by Crippen LogP contribution is 2.25. The van der Waals surface area contributed by atoms with Crippen molar-refractivity contribution in [1.82, 2.24) is 15.0 Å². The zero-order chi connectivity index (χ0) is 13.3. The second-order valence-corrected chi connectivity index (χ2v) is 3.68. The van der Waals surface area contributed by atoms with Crippen molar-refractivity contribution in [3.05, 3.63) is 45.2 Å². The van der Waals surface area contributed by atoms with Gasteiger partial charge in [-0.2, -0.15) is 0 Å². The number of carboxylic acids is 1. The van der Waals surface area contributed by atoms with Crippen LogP contribution in [0.3, 0.4) is 0 Å². The standard InChI is InChI=1S/C9H5ClN4O4/c10-5-1-2-7(8(3-5)14(17)18)13-4-6(9(15)16)11-12-13/h1-4H,(H,15,16). The molecule has 1 heterocycles. The summed E-state index contributed by atoms with van der Waals surface area (Å²) < 4.78 is 1.01. The number of hydrogen-bond donors (Lipinski definition) is 1. The van der Waals surface area contributed by atoms with E-state index in [0.717, 1.165) is 16.9 Å². The molecule has 0 unspecified atom stereocenters. The van der Waals surface area contributed by atoms with Gasteiger partial charge < -0.3 is 5.11 Å². The summed E-state index contributed by atoms with van der Waals surface area (Å²) in [7, 11) is 0. The minimum atomic E-state index is -1.27. The minimum absolute atomic E-state index is 0.0874. The van der Waals surface area contributed by atoms with Crippen LogP contribution in [0.1, 0.15) is 10.5 Å². The topological polar surface area (TPSA) is 111 Å². The third-order valence-electron chi connectivity index (χ3n) is 2.09. The molecule has 9 heteroatoms. The number of nitro benzene ring substituents is 1. The molecule has 2 aromatic rings. The van der Waals surface area contributed by atoms with Gasteiger partial charge in [0, 0.05) is 11.1 Å². The van der Waals surface area contributed by atoms with Crippen LogP contribution in [-0.2, 0) is 0 Å². The normalized spacial score (nSPS) is 10.3. The fraction of sp³-hybridized carbons (Fsp3) is 0. The lowest BCUT2D eigenvalue weighted by molar-refractivity contribution is -0.384. The Kier molecular flexibility index (Phi) is 2.94. The van der Waals surface area contributed by atoms with Crippen LogP contribution >= 0.6 is 11.6 Å². The number of benzene rings is 1. The zero-order valence-electron chi connectivity index (χ0n) is 8.65. The predicted molar refractivity (Wildman–Crippen MR) is 60.0 cm³/mol. The lowest BCUT2D eigenvalue weighted by Crippen LogP contribution is -2.01. The van der Waals surface area contributed by atoms with E-state index in [1.165, 1.54) is 12.1 Å². The van der Waals surface area contributed by atoms with E-state index in [1.807, 2.05) is 0 Å². The maximum Gasteiger partial charge on any atom is 0.358 e. The van der Waals surface area contributed by atoms with Gasteiger partial charge in [0.1, 0.15) is 5.69 Å². The van der Waals surface area contributed by atoms with E-state index in [2.05, 4.69) is 10.3 Å². The summed E-state index contributed by atoms with van der Waals surface area (Å²) in [5.41, 5.74) is -0.506. The highest BCUT2D eigenvalue weighted by molar-refractivity contribution is 6.30. The summed E-state index contributed by atoms with van der Waals surface area (Å²) in [6, 6.07) is 3.95. The number of halogens is 1. The third-order valence-corrected chi connectivity index (χ3v) is 2.33. The molecule has 0 bridgehead atoms. The molecule has 1 aromatic carbocycles. The minimum Gasteiger partial charge on any atom is -0.476 e. The average Bonchev–Trinajstić information content (AvgIpc) is 2.78. The van der Waals surface area contributed by atoms with E-state index in [0.29, 0.717) is 0 Å². The molecule has 18 heavy (non-hydrogen) atoms. The van der Waals surface area contributed by atoms with Crippen LogP contribution in [0.15, 0.2) is 24.4 Å². The van der Waals surface area contributed by atoms with Crippen molar-refractivity contribution in [3.63, 3.8) is 0 Å². The molecule has 0 spiro atoms. The maximum atomic E-state index is 10.9. The molecule has 92 valence electrons. The Bertz CT molecular complexity index is 639. The highest BCUT2D eigenvalue weighted by Gasteiger charge is 2.18. The Morgan fingerprint density at radius 1 is 1.50 bits per heavy atom. The zero-order valence-corrected chi connectivity index (χ0v) is 9.40. The van der Waals surface area contributed by atoms with Crippen molar-refractivity contribution < 1.29 is 14.8 Å². The van der Waals surface area contributed by atoms with Gasteiger partial charge in [0.2, 0.25) is 0 Å². The number of rotatable bonds is 3. The molecule has 0 saturated carbocycles. The first kappa shape index (κ1) is 12.0. The van der Waals surface area contributed by atoms with E-state index in [9.17, 15) is 14.9 Å². The number of aromatic carboxylic acids is 1. The van der Waals surface area contributed by atoms with Gasteiger partial charge in [-0.15, -0.1) is 5.10 Å². The highest BCUT2D eigenvalue weighted by atomic mass is 35.5. The first-order valence-corrected chi connectivity index (χ1v) is 4.97. The van der Waals surface area contributed by atoms with E-state index in [1.54, 1.807) is 0 Å². The van der Waals surface area contributed by atoms with Crippen LogP contribution in [0.5, 0.6) is 0 Å². The molecule has 2 rings (SSSR count). The average molecular weight is 269 g/mol. The van der Waals surface area contributed by atoms with Crippen molar-refractivity contribution in [2.75, 3.05) is 0 Å². The maximum absolute atomic E-state index is 10.9. The number of hydrogen-bond acceptors (Lipinski definition) is 5. The van der Waals surface area contributed by atoms with E-state index in [4.69, 9.17) is 16.7 Å². The first-order valence-electron chi connectivity index (χ1n) is 4.59. The summed E-state index contributed by atoms with van der Waals surface area (Å²) in [6.45, 7) is 0. The summed E-state index contributed by atoms with van der Waals surface area (Å²) in [5.74, 6) is -1.27. The Labute approximate surface area is 105 Å². The lowest BCUT2D eigenvalue weighted by atomic mass is 10.2. The van der Waals surface area contributed by atoms with Gasteiger partial charge in [-0.25, -0.2) is 9.48 Å². The van der Waals surface area contributed by atoms with E-state index in [-0.39, 0.29) is 22.1 Å². The van der Waals surface area contributed by atoms with Gasteiger partial charge in [-0.3, -0.25) is 10.1 Å². The van der Waals surface area contributed by atoms with Crippen LogP contribution < -0.4 is 0 Å². The Hall–Kier alpha value is -2.48. The third kappa shape index (κ3) is 2.13. The SMILES string of the molecule is O=C(O)c1cn(-c2ccc(Cl)cc2[N+](=O)[O-])nn1. The molecule has 0 radical (unpaired) electrons. The Balaban J connectivity index is 2.55. The fourth-order valence-electron chi connectivity index (χ4n) is 1.32. The molecular weight excluding hydrogens is 264 g/mol. The second-order valence-electron chi connectivity index (χ2n) is 3.24. The molecule has 1 N–H and O–H groups in total. The van der Waals surface area contributed by atoms with Crippen LogP contribution in [0.4, 0.5) is 5.69 Å². The quantitative estimate of drug-likeness (QED) is 0.667. The molecular formula is C9H5ClN4O4. The van der Waals surface area contributed by atoms with Gasteiger partial charge in [0.05, 0.1) is 11.1 Å². The molecule has 0 amide bonds. The van der Waals surface area contributed by atoms with Crippen molar-refractivity contribution in [1.29, 1.82) is 0 Å². The van der Waals surface area contributed by atoms with Gasteiger partial charge >= 0.3 is 5.97 Å².